The Morgan fingerprint density at radius 2 is 1.84 bits per heavy atom. The fourth-order valence-electron chi connectivity index (χ4n) is 6.53. The number of amides is 3. The van der Waals surface area contributed by atoms with E-state index in [1.54, 1.807) is 40.1 Å². The molecule has 0 aliphatic carbocycles. The summed E-state index contributed by atoms with van der Waals surface area (Å²) in [5.41, 5.74) is -2.01. The van der Waals surface area contributed by atoms with Crippen molar-refractivity contribution in [2.75, 3.05) is 27.2 Å². The van der Waals surface area contributed by atoms with Crippen molar-refractivity contribution in [3.8, 4) is 0 Å². The first-order chi connectivity index (χ1) is 21.0. The van der Waals surface area contributed by atoms with Crippen molar-refractivity contribution in [1.82, 2.24) is 20.1 Å². The van der Waals surface area contributed by atoms with Crippen LogP contribution < -0.4 is 5.32 Å². The molecular weight excluding hydrogens is 592 g/mol. The number of alkyl halides is 3. The minimum absolute atomic E-state index is 0.00595. The zero-order chi connectivity index (χ0) is 32.9. The lowest BCUT2D eigenvalue weighted by Gasteiger charge is -2.52. The van der Waals surface area contributed by atoms with Crippen molar-refractivity contribution < 1.29 is 37.1 Å². The summed E-state index contributed by atoms with van der Waals surface area (Å²) >= 11 is 0. The van der Waals surface area contributed by atoms with Gasteiger partial charge in [0.2, 0.25) is 17.7 Å². The number of nitrogens with one attached hydrogen (secondary N) is 1. The quantitative estimate of drug-likeness (QED) is 0.293. The second kappa shape index (κ2) is 11.8. The molecule has 240 valence electrons. The maximum absolute atomic E-state index is 16.4. The van der Waals surface area contributed by atoms with Crippen molar-refractivity contribution in [2.45, 2.75) is 63.3 Å². The van der Waals surface area contributed by atoms with Crippen LogP contribution in [-0.2, 0) is 26.2 Å². The van der Waals surface area contributed by atoms with E-state index in [1.807, 2.05) is 4.90 Å². The highest BCUT2D eigenvalue weighted by atomic mass is 19.4. The van der Waals surface area contributed by atoms with Gasteiger partial charge in [0.25, 0.3) is 0 Å². The summed E-state index contributed by atoms with van der Waals surface area (Å²) in [7, 11) is 3.21. The van der Waals surface area contributed by atoms with Crippen LogP contribution in [0.15, 0.2) is 48.7 Å². The smallest absolute Gasteiger partial charge is 0.384 e. The molecule has 2 saturated heterocycles. The van der Waals surface area contributed by atoms with Gasteiger partial charge < -0.3 is 10.0 Å². The number of carbonyl (C=O) groups excluding carboxylic acids is 3. The average molecular weight is 629 g/mol. The summed E-state index contributed by atoms with van der Waals surface area (Å²) in [6, 6.07) is 8.83. The van der Waals surface area contributed by atoms with E-state index < -0.39 is 46.4 Å². The van der Waals surface area contributed by atoms with Crippen LogP contribution in [0.5, 0.6) is 0 Å². The molecule has 3 aromatic rings. The summed E-state index contributed by atoms with van der Waals surface area (Å²) in [6.45, 7) is 4.02. The average Bonchev–Trinajstić information content (AvgIpc) is 2.97. The van der Waals surface area contributed by atoms with Crippen molar-refractivity contribution >= 4 is 28.6 Å². The number of hydrogen-bond donors (Lipinski definition) is 2. The molecule has 5 rings (SSSR count). The number of nitrogens with zero attached hydrogens (tertiary/aromatic N) is 3. The number of rotatable bonds is 6. The van der Waals surface area contributed by atoms with Gasteiger partial charge in [-0.1, -0.05) is 32.0 Å². The largest absolute Gasteiger partial charge is 0.416 e. The number of piperidine rings is 2. The fraction of sp³-hybridized carbons (Fsp3) is 0.455. The molecule has 0 bridgehead atoms. The first-order valence-corrected chi connectivity index (χ1v) is 14.8. The molecule has 0 radical (unpaired) electrons. The molecule has 45 heavy (non-hydrogen) atoms. The first kappa shape index (κ1) is 32.5. The molecule has 0 spiro atoms. The highest BCUT2D eigenvalue weighted by molar-refractivity contribution is 6.01. The van der Waals surface area contributed by atoms with Gasteiger partial charge in [0, 0.05) is 68.6 Å². The standard InChI is InChI=1S/C33H36F4N4O4/c1-31(2)18-41(26(16-28(43)40(3)4)19-5-7-21(8-6-19)33(35,36)37)14-13-32(31,45)24-10-11-25-23(29(24)34)15-20(17-38-25)22-9-12-27(42)39-30(22)44/h5-8,10-11,15,17,22,26,45H,9,12-14,16,18H2,1-4H3,(H,39,42,44)/t22?,26-,32-/m0/s1. The molecule has 3 amide bonds. The van der Waals surface area contributed by atoms with Gasteiger partial charge >= 0.3 is 6.18 Å². The van der Waals surface area contributed by atoms with Crippen LogP contribution in [0.25, 0.3) is 10.9 Å². The number of aromatic nitrogens is 1. The topological polar surface area (TPSA) is 103 Å². The Morgan fingerprint density at radius 3 is 2.44 bits per heavy atom. The highest BCUT2D eigenvalue weighted by Gasteiger charge is 2.51. The van der Waals surface area contributed by atoms with Gasteiger partial charge in [0.05, 0.1) is 22.6 Å². The zero-order valence-corrected chi connectivity index (χ0v) is 25.5. The number of aliphatic hydroxyl groups is 1. The Bertz CT molecular complexity index is 1640. The molecule has 3 atom stereocenters. The molecule has 1 aromatic heterocycles. The van der Waals surface area contributed by atoms with Gasteiger partial charge in [0.1, 0.15) is 5.82 Å². The number of halogens is 4. The summed E-state index contributed by atoms with van der Waals surface area (Å²) in [4.78, 5) is 44.6. The third-order valence-corrected chi connectivity index (χ3v) is 9.32. The molecule has 8 nitrogen and oxygen atoms in total. The summed E-state index contributed by atoms with van der Waals surface area (Å²) in [6.07, 6.45) is -2.48. The van der Waals surface area contributed by atoms with Gasteiger partial charge in [-0.2, -0.15) is 13.2 Å². The number of imide groups is 1. The minimum atomic E-state index is -4.50. The number of pyridine rings is 1. The molecular formula is C33H36F4N4O4. The summed E-state index contributed by atoms with van der Waals surface area (Å²) in [5, 5.41) is 14.6. The summed E-state index contributed by atoms with van der Waals surface area (Å²) in [5.74, 6) is -2.36. The lowest BCUT2D eigenvalue weighted by Crippen LogP contribution is -2.56. The molecule has 0 saturated carbocycles. The predicted molar refractivity (Wildman–Crippen MR) is 158 cm³/mol. The van der Waals surface area contributed by atoms with Gasteiger partial charge in [0.15, 0.2) is 0 Å². The van der Waals surface area contributed by atoms with Crippen molar-refractivity contribution in [1.29, 1.82) is 0 Å². The van der Waals surface area contributed by atoms with E-state index in [-0.39, 0.29) is 61.5 Å². The first-order valence-electron chi connectivity index (χ1n) is 14.8. The molecule has 2 fully saturated rings. The van der Waals surface area contributed by atoms with Gasteiger partial charge in [-0.15, -0.1) is 0 Å². The van der Waals surface area contributed by atoms with E-state index in [2.05, 4.69) is 10.3 Å². The molecule has 12 heteroatoms. The van der Waals surface area contributed by atoms with E-state index in [0.29, 0.717) is 16.6 Å². The Morgan fingerprint density at radius 1 is 1.16 bits per heavy atom. The Balaban J connectivity index is 1.47. The minimum Gasteiger partial charge on any atom is -0.384 e. The second-order valence-electron chi connectivity index (χ2n) is 12.9. The van der Waals surface area contributed by atoms with E-state index >= 15 is 4.39 Å². The lowest BCUT2D eigenvalue weighted by molar-refractivity contribution is -0.141. The third-order valence-electron chi connectivity index (χ3n) is 9.32. The fourth-order valence-corrected chi connectivity index (χ4v) is 6.53. The van der Waals surface area contributed by atoms with Crippen molar-refractivity contribution in [3.63, 3.8) is 0 Å². The second-order valence-corrected chi connectivity index (χ2v) is 12.9. The van der Waals surface area contributed by atoms with E-state index in [1.165, 1.54) is 29.3 Å². The molecule has 2 aromatic carbocycles. The maximum Gasteiger partial charge on any atom is 0.416 e. The van der Waals surface area contributed by atoms with E-state index in [9.17, 15) is 32.7 Å². The highest BCUT2D eigenvalue weighted by Crippen LogP contribution is 2.49. The Labute approximate surface area is 258 Å². The van der Waals surface area contributed by atoms with Gasteiger partial charge in [-0.25, -0.2) is 4.39 Å². The number of carbonyl (C=O) groups is 3. The molecule has 2 aliphatic heterocycles. The van der Waals surface area contributed by atoms with Crippen LogP contribution in [0, 0.1) is 11.2 Å². The third kappa shape index (κ3) is 6.17. The number of likely N-dealkylation sites (tertiary alicyclic amines) is 1. The summed E-state index contributed by atoms with van der Waals surface area (Å²) < 4.78 is 56.1. The van der Waals surface area contributed by atoms with E-state index in [0.717, 1.165) is 12.1 Å². The van der Waals surface area contributed by atoms with Crippen molar-refractivity contribution in [2.24, 2.45) is 5.41 Å². The Hall–Kier alpha value is -3.90. The van der Waals surface area contributed by atoms with E-state index in [4.69, 9.17) is 0 Å². The molecule has 3 heterocycles. The SMILES string of the molecule is CN(C)C(=O)C[C@@H](c1ccc(C(F)(F)F)cc1)N1CC[C@](O)(c2ccc3ncc(C4CCC(=O)NC4=O)cc3c2F)C(C)(C)C1. The molecule has 1 unspecified atom stereocenters. The Kier molecular flexibility index (Phi) is 8.52. The monoisotopic (exact) mass is 628 g/mol. The number of hydrogen-bond acceptors (Lipinski definition) is 6. The van der Waals surface area contributed by atoms with Crippen molar-refractivity contribution in [3.05, 3.63) is 76.7 Å². The lowest BCUT2D eigenvalue weighted by atomic mass is 9.65. The van der Waals surface area contributed by atoms with Gasteiger partial charge in [-0.05, 0) is 48.2 Å². The number of fused-ring (bicyclic) bond motifs is 1. The molecule has 2 N–H and O–H groups in total. The van der Waals surface area contributed by atoms with Crippen LogP contribution in [0.2, 0.25) is 0 Å². The van der Waals surface area contributed by atoms with Crippen LogP contribution in [0.4, 0.5) is 17.6 Å². The van der Waals surface area contributed by atoms with Gasteiger partial charge in [-0.3, -0.25) is 29.6 Å². The molecule has 2 aliphatic rings. The predicted octanol–water partition coefficient (Wildman–Crippen LogP) is 5.05. The normalized spacial score (nSPS) is 23.1. The number of benzene rings is 2. The van der Waals surface area contributed by atoms with Crippen LogP contribution in [-0.4, -0.2) is 64.8 Å². The zero-order valence-electron chi connectivity index (χ0n) is 25.5. The van der Waals surface area contributed by atoms with Crippen LogP contribution >= 0.6 is 0 Å². The maximum atomic E-state index is 16.4. The van der Waals surface area contributed by atoms with Crippen LogP contribution in [0.3, 0.4) is 0 Å². The van der Waals surface area contributed by atoms with Crippen LogP contribution in [0.1, 0.15) is 73.7 Å².